The van der Waals surface area contributed by atoms with E-state index in [1.807, 2.05) is 22.9 Å². The Morgan fingerprint density at radius 2 is 2.00 bits per heavy atom. The first-order valence-electron chi connectivity index (χ1n) is 6.50. The highest BCUT2D eigenvalue weighted by molar-refractivity contribution is 6.33. The van der Waals surface area contributed by atoms with Gasteiger partial charge in [0.25, 0.3) is 0 Å². The van der Waals surface area contributed by atoms with Crippen molar-refractivity contribution in [1.29, 1.82) is 0 Å². The SMILES string of the molecule is CC(C)n1cc(C2CC2)c(-c2ccccc2Cl)n1. The minimum atomic E-state index is 0.388. The second-order valence-corrected chi connectivity index (χ2v) is 5.67. The van der Waals surface area contributed by atoms with E-state index >= 15 is 0 Å². The van der Waals surface area contributed by atoms with Gasteiger partial charge < -0.3 is 0 Å². The summed E-state index contributed by atoms with van der Waals surface area (Å²) >= 11 is 6.30. The van der Waals surface area contributed by atoms with Crippen molar-refractivity contribution in [2.24, 2.45) is 0 Å². The zero-order valence-electron chi connectivity index (χ0n) is 10.7. The highest BCUT2D eigenvalue weighted by atomic mass is 35.5. The first-order chi connectivity index (χ1) is 8.66. The fraction of sp³-hybridized carbons (Fsp3) is 0.400. The van der Waals surface area contributed by atoms with Crippen molar-refractivity contribution in [3.63, 3.8) is 0 Å². The minimum absolute atomic E-state index is 0.388. The van der Waals surface area contributed by atoms with Gasteiger partial charge in [0, 0.05) is 23.4 Å². The van der Waals surface area contributed by atoms with Crippen molar-refractivity contribution >= 4 is 11.6 Å². The smallest absolute Gasteiger partial charge is 0.0973 e. The van der Waals surface area contributed by atoms with E-state index in [0.29, 0.717) is 12.0 Å². The normalized spacial score (nSPS) is 15.3. The van der Waals surface area contributed by atoms with E-state index in [1.165, 1.54) is 18.4 Å². The third-order valence-corrected chi connectivity index (χ3v) is 3.77. The first-order valence-corrected chi connectivity index (χ1v) is 6.88. The summed E-state index contributed by atoms with van der Waals surface area (Å²) < 4.78 is 2.05. The molecule has 0 saturated heterocycles. The molecule has 1 aliphatic rings. The van der Waals surface area contributed by atoms with E-state index in [1.54, 1.807) is 0 Å². The van der Waals surface area contributed by atoms with Crippen LogP contribution in [0.1, 0.15) is 44.2 Å². The van der Waals surface area contributed by atoms with Gasteiger partial charge in [-0.15, -0.1) is 0 Å². The molecule has 1 aromatic heterocycles. The van der Waals surface area contributed by atoms with Gasteiger partial charge in [0.2, 0.25) is 0 Å². The van der Waals surface area contributed by atoms with E-state index in [0.717, 1.165) is 16.3 Å². The molecule has 94 valence electrons. The van der Waals surface area contributed by atoms with Gasteiger partial charge >= 0.3 is 0 Å². The Labute approximate surface area is 113 Å². The molecule has 0 bridgehead atoms. The maximum absolute atomic E-state index is 6.30. The molecule has 0 radical (unpaired) electrons. The Morgan fingerprint density at radius 1 is 1.28 bits per heavy atom. The van der Waals surface area contributed by atoms with Crippen LogP contribution in [0.25, 0.3) is 11.3 Å². The molecular weight excluding hydrogens is 244 g/mol. The van der Waals surface area contributed by atoms with Crippen LogP contribution < -0.4 is 0 Å². The molecule has 0 aliphatic heterocycles. The van der Waals surface area contributed by atoms with E-state index < -0.39 is 0 Å². The van der Waals surface area contributed by atoms with Crippen LogP contribution in [-0.4, -0.2) is 9.78 Å². The molecule has 0 spiro atoms. The Kier molecular flexibility index (Phi) is 2.90. The lowest BCUT2D eigenvalue weighted by Gasteiger charge is -2.04. The highest BCUT2D eigenvalue weighted by Gasteiger charge is 2.29. The lowest BCUT2D eigenvalue weighted by Crippen LogP contribution is -2.00. The van der Waals surface area contributed by atoms with E-state index in [9.17, 15) is 0 Å². The molecule has 1 heterocycles. The quantitative estimate of drug-likeness (QED) is 0.785. The summed E-state index contributed by atoms with van der Waals surface area (Å²) in [5, 5.41) is 5.52. The number of benzene rings is 1. The summed E-state index contributed by atoms with van der Waals surface area (Å²) in [6.45, 7) is 4.31. The summed E-state index contributed by atoms with van der Waals surface area (Å²) in [7, 11) is 0. The monoisotopic (exact) mass is 260 g/mol. The fourth-order valence-electron chi connectivity index (χ4n) is 2.23. The molecule has 0 atom stereocenters. The van der Waals surface area contributed by atoms with Gasteiger partial charge in [0.05, 0.1) is 10.7 Å². The van der Waals surface area contributed by atoms with Gasteiger partial charge in [-0.25, -0.2) is 0 Å². The summed E-state index contributed by atoms with van der Waals surface area (Å²) in [5.41, 5.74) is 3.48. The van der Waals surface area contributed by atoms with Gasteiger partial charge in [0.1, 0.15) is 0 Å². The predicted molar refractivity (Wildman–Crippen MR) is 75.0 cm³/mol. The molecule has 0 unspecified atom stereocenters. The van der Waals surface area contributed by atoms with Crippen LogP contribution in [-0.2, 0) is 0 Å². The van der Waals surface area contributed by atoms with Crippen LogP contribution in [0, 0.1) is 0 Å². The van der Waals surface area contributed by atoms with Gasteiger partial charge in [-0.2, -0.15) is 5.10 Å². The Hall–Kier alpha value is -1.28. The zero-order valence-corrected chi connectivity index (χ0v) is 11.5. The summed E-state index contributed by atoms with van der Waals surface area (Å²) in [4.78, 5) is 0. The molecule has 2 nitrogen and oxygen atoms in total. The number of aromatic nitrogens is 2. The average molecular weight is 261 g/mol. The number of hydrogen-bond donors (Lipinski definition) is 0. The molecule has 3 heteroatoms. The Bertz CT molecular complexity index is 568. The number of rotatable bonds is 3. The Balaban J connectivity index is 2.13. The van der Waals surface area contributed by atoms with Gasteiger partial charge in [0.15, 0.2) is 0 Å². The number of hydrogen-bond acceptors (Lipinski definition) is 1. The maximum atomic E-state index is 6.30. The maximum Gasteiger partial charge on any atom is 0.0973 e. The molecule has 1 saturated carbocycles. The van der Waals surface area contributed by atoms with Crippen LogP contribution in [0.3, 0.4) is 0 Å². The third kappa shape index (κ3) is 2.05. The van der Waals surface area contributed by atoms with Crippen molar-refractivity contribution in [2.75, 3.05) is 0 Å². The van der Waals surface area contributed by atoms with Crippen LogP contribution in [0.5, 0.6) is 0 Å². The molecule has 1 fully saturated rings. The second-order valence-electron chi connectivity index (χ2n) is 5.26. The van der Waals surface area contributed by atoms with E-state index in [2.05, 4.69) is 26.1 Å². The van der Waals surface area contributed by atoms with Gasteiger partial charge in [-0.05, 0) is 38.7 Å². The highest BCUT2D eigenvalue weighted by Crippen LogP contribution is 2.45. The summed E-state index contributed by atoms with van der Waals surface area (Å²) in [5.74, 6) is 0.684. The van der Waals surface area contributed by atoms with Crippen molar-refractivity contribution < 1.29 is 0 Å². The molecule has 1 aliphatic carbocycles. The van der Waals surface area contributed by atoms with Crippen molar-refractivity contribution in [1.82, 2.24) is 9.78 Å². The van der Waals surface area contributed by atoms with Gasteiger partial charge in [-0.1, -0.05) is 29.8 Å². The van der Waals surface area contributed by atoms with Crippen LogP contribution >= 0.6 is 11.6 Å². The van der Waals surface area contributed by atoms with Crippen molar-refractivity contribution in [3.8, 4) is 11.3 Å². The lowest BCUT2D eigenvalue weighted by atomic mass is 10.1. The van der Waals surface area contributed by atoms with Crippen molar-refractivity contribution in [2.45, 2.75) is 38.6 Å². The fourth-order valence-corrected chi connectivity index (χ4v) is 2.45. The van der Waals surface area contributed by atoms with Crippen LogP contribution in [0.4, 0.5) is 0 Å². The Morgan fingerprint density at radius 3 is 2.61 bits per heavy atom. The molecule has 2 aromatic rings. The summed E-state index contributed by atoms with van der Waals surface area (Å²) in [6.07, 6.45) is 4.75. The molecule has 1 aromatic carbocycles. The topological polar surface area (TPSA) is 17.8 Å². The molecule has 18 heavy (non-hydrogen) atoms. The lowest BCUT2D eigenvalue weighted by molar-refractivity contribution is 0.533. The standard InChI is InChI=1S/C15H17ClN2/c1-10(2)18-9-13(11-7-8-11)15(17-18)12-5-3-4-6-14(12)16/h3-6,9-11H,7-8H2,1-2H3. The third-order valence-electron chi connectivity index (χ3n) is 3.44. The van der Waals surface area contributed by atoms with Crippen molar-refractivity contribution in [3.05, 3.63) is 41.0 Å². The van der Waals surface area contributed by atoms with Crippen LogP contribution in [0.2, 0.25) is 5.02 Å². The number of nitrogens with zero attached hydrogens (tertiary/aromatic N) is 2. The molecular formula is C15H17ClN2. The predicted octanol–water partition coefficient (Wildman–Crippen LogP) is 4.66. The summed E-state index contributed by atoms with van der Waals surface area (Å²) in [6, 6.07) is 8.36. The van der Waals surface area contributed by atoms with E-state index in [4.69, 9.17) is 16.7 Å². The zero-order chi connectivity index (χ0) is 12.7. The minimum Gasteiger partial charge on any atom is -0.269 e. The molecule has 0 amide bonds. The average Bonchev–Trinajstić information content (AvgIpc) is 3.09. The van der Waals surface area contributed by atoms with Gasteiger partial charge in [-0.3, -0.25) is 4.68 Å². The second kappa shape index (κ2) is 4.43. The van der Waals surface area contributed by atoms with Crippen LogP contribution in [0.15, 0.2) is 30.5 Å². The largest absolute Gasteiger partial charge is 0.269 e. The molecule has 0 N–H and O–H groups in total. The molecule has 3 rings (SSSR count). The van der Waals surface area contributed by atoms with E-state index in [-0.39, 0.29) is 0 Å². The number of halogens is 1. The first kappa shape index (κ1) is 11.8.